The van der Waals surface area contributed by atoms with Crippen LogP contribution in [0.1, 0.15) is 35.0 Å². The van der Waals surface area contributed by atoms with Gasteiger partial charge in [0.2, 0.25) is 5.91 Å². The van der Waals surface area contributed by atoms with E-state index in [0.717, 1.165) is 5.69 Å². The van der Waals surface area contributed by atoms with Crippen molar-refractivity contribution < 1.29 is 14.7 Å². The molecule has 1 saturated heterocycles. The summed E-state index contributed by atoms with van der Waals surface area (Å²) < 4.78 is 0. The lowest BCUT2D eigenvalue weighted by atomic mass is 9.88. The molecule has 0 spiro atoms. The van der Waals surface area contributed by atoms with Crippen LogP contribution in [-0.2, 0) is 10.4 Å². The molecule has 1 aliphatic rings. The summed E-state index contributed by atoms with van der Waals surface area (Å²) >= 11 is 6.16. The van der Waals surface area contributed by atoms with Crippen LogP contribution >= 0.6 is 11.6 Å². The first-order valence-electron chi connectivity index (χ1n) is 9.44. The molecule has 156 valence electrons. The fourth-order valence-electron chi connectivity index (χ4n) is 3.59. The molecule has 1 fully saturated rings. The Morgan fingerprint density at radius 3 is 2.77 bits per heavy atom. The summed E-state index contributed by atoms with van der Waals surface area (Å²) in [6, 6.07) is 10.2. The number of carbonyl (C=O) groups excluding carboxylic acids is 2. The van der Waals surface area contributed by atoms with Gasteiger partial charge in [0.15, 0.2) is 0 Å². The van der Waals surface area contributed by atoms with Gasteiger partial charge in [-0.15, -0.1) is 0 Å². The van der Waals surface area contributed by atoms with Crippen LogP contribution in [0.15, 0.2) is 36.5 Å². The van der Waals surface area contributed by atoms with Gasteiger partial charge in [-0.25, -0.2) is 0 Å². The number of likely N-dealkylation sites (N-methyl/N-ethyl adjacent to an activating group) is 1. The van der Waals surface area contributed by atoms with Crippen molar-refractivity contribution in [3.63, 3.8) is 0 Å². The van der Waals surface area contributed by atoms with Crippen molar-refractivity contribution in [3.8, 4) is 6.07 Å². The highest BCUT2D eigenvalue weighted by Crippen LogP contribution is 2.40. The van der Waals surface area contributed by atoms with Crippen LogP contribution in [0, 0.1) is 11.3 Å². The molecule has 3 N–H and O–H groups in total. The lowest BCUT2D eigenvalue weighted by Crippen LogP contribution is -2.40. The molecule has 2 atom stereocenters. The first kappa shape index (κ1) is 21.6. The zero-order valence-corrected chi connectivity index (χ0v) is 17.4. The highest BCUT2D eigenvalue weighted by atomic mass is 35.5. The monoisotopic (exact) mass is 427 g/mol. The van der Waals surface area contributed by atoms with Crippen molar-refractivity contribution in [2.24, 2.45) is 0 Å². The maximum Gasteiger partial charge on any atom is 0.270 e. The van der Waals surface area contributed by atoms with Gasteiger partial charge in [0.25, 0.3) is 5.91 Å². The summed E-state index contributed by atoms with van der Waals surface area (Å²) in [5, 5.41) is 25.7. The number of aromatic nitrogens is 1. The Labute approximate surface area is 179 Å². The van der Waals surface area contributed by atoms with Gasteiger partial charge in [-0.1, -0.05) is 17.7 Å². The maximum absolute atomic E-state index is 12.1. The number of carbonyl (C=O) groups is 2. The summed E-state index contributed by atoms with van der Waals surface area (Å²) in [4.78, 5) is 29.5. The van der Waals surface area contributed by atoms with E-state index in [-0.39, 0.29) is 24.2 Å². The Kier molecular flexibility index (Phi) is 6.25. The quantitative estimate of drug-likeness (QED) is 0.666. The first-order chi connectivity index (χ1) is 14.3. The molecule has 0 aliphatic carbocycles. The molecular formula is C21H22ClN5O3. The highest BCUT2D eigenvalue weighted by molar-refractivity contribution is 6.32. The van der Waals surface area contributed by atoms with Crippen molar-refractivity contribution in [3.05, 3.63) is 58.4 Å². The van der Waals surface area contributed by atoms with Crippen molar-refractivity contribution in [1.82, 2.24) is 15.6 Å². The van der Waals surface area contributed by atoms with E-state index in [1.165, 1.54) is 19.3 Å². The van der Waals surface area contributed by atoms with Crippen LogP contribution in [0.3, 0.4) is 0 Å². The standard InChI is InChI=1S/C21H22ClN5O3/c1-13-21(30,7-8-27(13)16-5-3-14(10-23)17(22)9-16)15-4-6-18(25-11-15)20(29)26-12-19(28)24-2/h3-6,9,11,13,30H,7-8,12H2,1-2H3,(H,24,28)(H,26,29)/t13-,21-/m0/s1. The van der Waals surface area contributed by atoms with E-state index < -0.39 is 11.5 Å². The smallest absolute Gasteiger partial charge is 0.270 e. The van der Waals surface area contributed by atoms with Gasteiger partial charge in [0, 0.05) is 31.0 Å². The summed E-state index contributed by atoms with van der Waals surface area (Å²) in [6.07, 6.45) is 1.95. The molecule has 1 aromatic heterocycles. The second kappa shape index (κ2) is 8.69. The third-order valence-corrected chi connectivity index (χ3v) is 5.79. The predicted octanol–water partition coefficient (Wildman–Crippen LogP) is 1.57. The van der Waals surface area contributed by atoms with Gasteiger partial charge in [-0.3, -0.25) is 14.6 Å². The number of nitrogens with one attached hydrogen (secondary N) is 2. The molecule has 2 amide bonds. The zero-order chi connectivity index (χ0) is 21.9. The predicted molar refractivity (Wildman–Crippen MR) is 112 cm³/mol. The largest absolute Gasteiger partial charge is 0.383 e. The number of nitrogens with zero attached hydrogens (tertiary/aromatic N) is 3. The van der Waals surface area contributed by atoms with Crippen LogP contribution < -0.4 is 15.5 Å². The molecule has 9 heteroatoms. The average Bonchev–Trinajstić information content (AvgIpc) is 3.07. The number of hydrogen-bond donors (Lipinski definition) is 3. The number of benzene rings is 1. The number of rotatable bonds is 5. The summed E-state index contributed by atoms with van der Waals surface area (Å²) in [5.41, 5.74) is 0.815. The number of pyridine rings is 1. The van der Waals surface area contributed by atoms with Crippen molar-refractivity contribution in [1.29, 1.82) is 5.26 Å². The minimum atomic E-state index is -1.16. The number of aliphatic hydroxyl groups is 1. The molecule has 0 saturated carbocycles. The lowest BCUT2D eigenvalue weighted by Gasteiger charge is -2.33. The number of nitriles is 1. The molecule has 30 heavy (non-hydrogen) atoms. The Morgan fingerprint density at radius 2 is 2.17 bits per heavy atom. The Bertz CT molecular complexity index is 1000. The topological polar surface area (TPSA) is 118 Å². The molecule has 0 unspecified atom stereocenters. The fraction of sp³-hybridized carbons (Fsp3) is 0.333. The molecule has 3 rings (SSSR count). The van der Waals surface area contributed by atoms with Gasteiger partial charge < -0.3 is 20.6 Å². The van der Waals surface area contributed by atoms with Gasteiger partial charge in [0.05, 0.1) is 23.2 Å². The van der Waals surface area contributed by atoms with E-state index in [4.69, 9.17) is 16.9 Å². The number of halogens is 1. The van der Waals surface area contributed by atoms with E-state index in [0.29, 0.717) is 29.1 Å². The molecule has 2 heterocycles. The van der Waals surface area contributed by atoms with E-state index in [1.54, 1.807) is 18.2 Å². The average molecular weight is 428 g/mol. The van der Waals surface area contributed by atoms with Crippen molar-refractivity contribution in [2.45, 2.75) is 25.0 Å². The number of amides is 2. The Hall–Kier alpha value is -3.15. The maximum atomic E-state index is 12.1. The van der Waals surface area contributed by atoms with Gasteiger partial charge in [-0.2, -0.15) is 5.26 Å². The van der Waals surface area contributed by atoms with E-state index in [2.05, 4.69) is 15.6 Å². The van der Waals surface area contributed by atoms with Crippen LogP contribution in [0.5, 0.6) is 0 Å². The van der Waals surface area contributed by atoms with Crippen LogP contribution in [-0.4, -0.2) is 48.1 Å². The number of hydrogen-bond acceptors (Lipinski definition) is 6. The molecule has 0 bridgehead atoms. The zero-order valence-electron chi connectivity index (χ0n) is 16.6. The third-order valence-electron chi connectivity index (χ3n) is 5.48. The summed E-state index contributed by atoms with van der Waals surface area (Å²) in [6.45, 7) is 2.36. The van der Waals surface area contributed by atoms with E-state index in [9.17, 15) is 14.7 Å². The fourth-order valence-corrected chi connectivity index (χ4v) is 3.80. The Morgan fingerprint density at radius 1 is 1.40 bits per heavy atom. The second-order valence-corrected chi connectivity index (χ2v) is 7.51. The molecule has 1 aromatic carbocycles. The van der Waals surface area contributed by atoms with Gasteiger partial charge in [-0.05, 0) is 37.6 Å². The highest BCUT2D eigenvalue weighted by Gasteiger charge is 2.45. The van der Waals surface area contributed by atoms with Gasteiger partial charge in [0.1, 0.15) is 17.4 Å². The minimum Gasteiger partial charge on any atom is -0.383 e. The molecule has 1 aliphatic heterocycles. The second-order valence-electron chi connectivity index (χ2n) is 7.11. The van der Waals surface area contributed by atoms with E-state index in [1.807, 2.05) is 24.0 Å². The molecule has 8 nitrogen and oxygen atoms in total. The van der Waals surface area contributed by atoms with Crippen LogP contribution in [0.25, 0.3) is 0 Å². The SMILES string of the molecule is CNC(=O)CNC(=O)c1ccc([C@]2(O)CCN(c3ccc(C#N)c(Cl)c3)[C@H]2C)cn1. The Balaban J connectivity index is 1.76. The van der Waals surface area contributed by atoms with Crippen LogP contribution in [0.2, 0.25) is 5.02 Å². The van der Waals surface area contributed by atoms with Crippen molar-refractivity contribution >= 4 is 29.1 Å². The normalized spacial score (nSPS) is 20.5. The molecule has 0 radical (unpaired) electrons. The first-order valence-corrected chi connectivity index (χ1v) is 9.82. The van der Waals surface area contributed by atoms with Crippen LogP contribution in [0.4, 0.5) is 5.69 Å². The summed E-state index contributed by atoms with van der Waals surface area (Å²) in [5.74, 6) is -0.775. The minimum absolute atomic E-state index is 0.137. The molecule has 2 aromatic rings. The summed E-state index contributed by atoms with van der Waals surface area (Å²) in [7, 11) is 1.49. The third kappa shape index (κ3) is 4.08. The van der Waals surface area contributed by atoms with Crippen molar-refractivity contribution in [2.75, 3.05) is 25.0 Å². The number of anilines is 1. The van der Waals surface area contributed by atoms with Gasteiger partial charge >= 0.3 is 0 Å². The lowest BCUT2D eigenvalue weighted by molar-refractivity contribution is -0.119. The van der Waals surface area contributed by atoms with E-state index >= 15 is 0 Å². The molecular weight excluding hydrogens is 406 g/mol.